The van der Waals surface area contributed by atoms with Gasteiger partial charge in [-0.3, -0.25) is 0 Å². The monoisotopic (exact) mass is 743 g/mol. The topological polar surface area (TPSA) is 12.5 Å². The zero-order chi connectivity index (χ0) is 38.5. The van der Waals surface area contributed by atoms with Crippen molar-refractivity contribution in [2.75, 3.05) is 4.90 Å². The lowest BCUT2D eigenvalue weighted by atomic mass is 9.66. The van der Waals surface area contributed by atoms with E-state index >= 15 is 0 Å². The fourth-order valence-corrected chi connectivity index (χ4v) is 9.70. The third kappa shape index (κ3) is 5.48. The molecular formula is C56H41NO. The van der Waals surface area contributed by atoms with E-state index in [0.29, 0.717) is 0 Å². The third-order valence-corrected chi connectivity index (χ3v) is 12.3. The van der Waals surface area contributed by atoms with E-state index in [2.05, 4.69) is 223 Å². The van der Waals surface area contributed by atoms with Crippen LogP contribution in [0.15, 0.2) is 230 Å². The van der Waals surface area contributed by atoms with Gasteiger partial charge in [-0.25, -0.2) is 0 Å². The summed E-state index contributed by atoms with van der Waals surface area (Å²) in [5.41, 5.74) is 16.8. The van der Waals surface area contributed by atoms with Gasteiger partial charge in [-0.2, -0.15) is 0 Å². The quantitative estimate of drug-likeness (QED) is 0.161. The van der Waals surface area contributed by atoms with Crippen LogP contribution in [0, 0.1) is 0 Å². The molecule has 3 aliphatic carbocycles. The molecule has 58 heavy (non-hydrogen) atoms. The number of ether oxygens (including phenoxy) is 1. The van der Waals surface area contributed by atoms with E-state index in [0.717, 1.165) is 41.4 Å². The Morgan fingerprint density at radius 3 is 1.78 bits per heavy atom. The van der Waals surface area contributed by atoms with E-state index in [9.17, 15) is 0 Å². The Bertz CT molecular complexity index is 2790. The van der Waals surface area contributed by atoms with Crippen molar-refractivity contribution in [1.29, 1.82) is 0 Å². The molecule has 0 saturated carbocycles. The Morgan fingerprint density at radius 1 is 0.500 bits per heavy atom. The average molecular weight is 744 g/mol. The molecule has 7 aromatic carbocycles. The SMILES string of the molecule is C1=CC=C2Oc3cccc(-c4ccc(N(c5ccc(-c6ccccc6)cc5)c5ccc(C6(C7=CCCC=C7)c7ccccc7-c7ccccc76)cc5)cc4)c3C2C=C1. The molecule has 11 rings (SSSR count). The van der Waals surface area contributed by atoms with Crippen LogP contribution in [-0.2, 0) is 5.41 Å². The van der Waals surface area contributed by atoms with E-state index < -0.39 is 5.41 Å². The highest BCUT2D eigenvalue weighted by atomic mass is 16.5. The second kappa shape index (κ2) is 14.1. The minimum atomic E-state index is -0.399. The predicted octanol–water partition coefficient (Wildman–Crippen LogP) is 14.6. The number of hydrogen-bond acceptors (Lipinski definition) is 2. The van der Waals surface area contributed by atoms with Crippen molar-refractivity contribution < 1.29 is 4.74 Å². The summed E-state index contributed by atoms with van der Waals surface area (Å²) < 4.78 is 6.35. The Balaban J connectivity index is 1.03. The van der Waals surface area contributed by atoms with E-state index in [4.69, 9.17) is 4.74 Å². The molecule has 0 saturated heterocycles. The molecule has 0 bridgehead atoms. The predicted molar refractivity (Wildman–Crippen MR) is 240 cm³/mol. The molecule has 1 unspecified atom stereocenters. The first-order valence-corrected chi connectivity index (χ1v) is 20.4. The highest BCUT2D eigenvalue weighted by Gasteiger charge is 2.46. The van der Waals surface area contributed by atoms with Gasteiger partial charge in [0.25, 0.3) is 0 Å². The van der Waals surface area contributed by atoms with Gasteiger partial charge in [-0.1, -0.05) is 170 Å². The van der Waals surface area contributed by atoms with E-state index in [-0.39, 0.29) is 5.92 Å². The van der Waals surface area contributed by atoms with Gasteiger partial charge in [0.1, 0.15) is 11.5 Å². The third-order valence-electron chi connectivity index (χ3n) is 12.3. The molecule has 2 nitrogen and oxygen atoms in total. The van der Waals surface area contributed by atoms with E-state index in [1.54, 1.807) is 0 Å². The number of benzene rings is 7. The van der Waals surface area contributed by atoms with Crippen molar-refractivity contribution in [3.63, 3.8) is 0 Å². The summed E-state index contributed by atoms with van der Waals surface area (Å²) in [6.07, 6.45) is 19.8. The number of hydrogen-bond donors (Lipinski definition) is 0. The Kier molecular flexibility index (Phi) is 8.29. The van der Waals surface area contributed by atoms with Gasteiger partial charge in [-0.05, 0) is 117 Å². The Morgan fingerprint density at radius 2 is 1.10 bits per heavy atom. The lowest BCUT2D eigenvalue weighted by Crippen LogP contribution is -2.29. The van der Waals surface area contributed by atoms with Gasteiger partial charge < -0.3 is 9.64 Å². The van der Waals surface area contributed by atoms with Crippen LogP contribution in [0.4, 0.5) is 17.1 Å². The number of rotatable bonds is 7. The minimum Gasteiger partial charge on any atom is -0.460 e. The fraction of sp³-hybridized carbons (Fsp3) is 0.0714. The molecule has 0 spiro atoms. The number of nitrogens with zero attached hydrogens (tertiary/aromatic N) is 1. The zero-order valence-electron chi connectivity index (χ0n) is 32.1. The minimum absolute atomic E-state index is 0.0981. The molecule has 0 aromatic heterocycles. The van der Waals surface area contributed by atoms with Crippen molar-refractivity contribution in [2.45, 2.75) is 24.2 Å². The molecule has 0 radical (unpaired) electrons. The summed E-state index contributed by atoms with van der Waals surface area (Å²) >= 11 is 0. The summed E-state index contributed by atoms with van der Waals surface area (Å²) in [6, 6.07) is 62.3. The van der Waals surface area contributed by atoms with Crippen LogP contribution < -0.4 is 9.64 Å². The summed E-state index contributed by atoms with van der Waals surface area (Å²) in [6.45, 7) is 0. The fourth-order valence-electron chi connectivity index (χ4n) is 9.70. The van der Waals surface area contributed by atoms with Crippen molar-refractivity contribution in [3.05, 3.63) is 252 Å². The molecule has 0 fully saturated rings. The molecule has 2 heteroatoms. The maximum Gasteiger partial charge on any atom is 0.131 e. The number of fused-ring (bicyclic) bond motifs is 6. The van der Waals surface area contributed by atoms with Crippen LogP contribution in [0.1, 0.15) is 41.0 Å². The van der Waals surface area contributed by atoms with Crippen LogP contribution in [0.2, 0.25) is 0 Å². The lowest BCUT2D eigenvalue weighted by Gasteiger charge is -2.36. The van der Waals surface area contributed by atoms with Crippen LogP contribution in [-0.4, -0.2) is 0 Å². The molecule has 276 valence electrons. The highest BCUT2D eigenvalue weighted by Crippen LogP contribution is 2.57. The summed E-state index contributed by atoms with van der Waals surface area (Å²) in [4.78, 5) is 2.38. The summed E-state index contributed by atoms with van der Waals surface area (Å²) in [5.74, 6) is 2.00. The van der Waals surface area contributed by atoms with E-state index in [1.165, 1.54) is 61.2 Å². The number of allylic oxidation sites excluding steroid dienone is 9. The zero-order valence-corrected chi connectivity index (χ0v) is 32.1. The average Bonchev–Trinajstić information content (AvgIpc) is 3.70. The maximum absolute atomic E-state index is 6.35. The molecule has 4 aliphatic rings. The van der Waals surface area contributed by atoms with Gasteiger partial charge >= 0.3 is 0 Å². The van der Waals surface area contributed by atoms with Crippen molar-refractivity contribution in [1.82, 2.24) is 0 Å². The van der Waals surface area contributed by atoms with Crippen molar-refractivity contribution >= 4 is 17.1 Å². The largest absolute Gasteiger partial charge is 0.460 e. The van der Waals surface area contributed by atoms with Gasteiger partial charge in [-0.15, -0.1) is 0 Å². The maximum atomic E-state index is 6.35. The van der Waals surface area contributed by atoms with Crippen LogP contribution >= 0.6 is 0 Å². The first kappa shape index (κ1) is 34.1. The molecule has 1 heterocycles. The molecule has 1 atom stereocenters. The molecule has 1 aliphatic heterocycles. The molecular weight excluding hydrogens is 703 g/mol. The summed E-state index contributed by atoms with van der Waals surface area (Å²) in [7, 11) is 0. The van der Waals surface area contributed by atoms with Crippen LogP contribution in [0.25, 0.3) is 33.4 Å². The number of anilines is 3. The first-order valence-electron chi connectivity index (χ1n) is 20.4. The van der Waals surface area contributed by atoms with Gasteiger partial charge in [0.05, 0.1) is 11.3 Å². The van der Waals surface area contributed by atoms with E-state index in [1.807, 2.05) is 0 Å². The molecule has 0 N–H and O–H groups in total. The molecule has 0 amide bonds. The van der Waals surface area contributed by atoms with Crippen molar-refractivity contribution in [3.8, 4) is 39.1 Å². The second-order valence-electron chi connectivity index (χ2n) is 15.5. The van der Waals surface area contributed by atoms with Crippen LogP contribution in [0.3, 0.4) is 0 Å². The summed E-state index contributed by atoms with van der Waals surface area (Å²) in [5, 5.41) is 0. The smallest absolute Gasteiger partial charge is 0.131 e. The standard InChI is InChI=1S/C56H41NO/c1-4-15-39(16-5-1)40-27-33-44(34-28-40)57(45-35-29-41(30-36-45)47-22-14-26-54-55(47)50-21-8-3-9-25-53(50)58-54)46-37-31-43(32-38-46)56(42-17-6-2-7-18-42)51-23-12-10-19-48(51)49-20-11-13-24-52(49)56/h1,3-6,8-38,50H,2,7H2. The van der Waals surface area contributed by atoms with Gasteiger partial charge in [0, 0.05) is 22.6 Å². The van der Waals surface area contributed by atoms with Crippen LogP contribution in [0.5, 0.6) is 5.75 Å². The first-order chi connectivity index (χ1) is 28.8. The van der Waals surface area contributed by atoms with Crippen molar-refractivity contribution in [2.24, 2.45) is 0 Å². The normalized spacial score (nSPS) is 16.6. The van der Waals surface area contributed by atoms with Gasteiger partial charge in [0.2, 0.25) is 0 Å². The Hall–Kier alpha value is -7.16. The molecule has 7 aromatic rings. The Labute approximate surface area is 340 Å². The van der Waals surface area contributed by atoms with Gasteiger partial charge in [0.15, 0.2) is 0 Å². The second-order valence-corrected chi connectivity index (χ2v) is 15.5. The lowest BCUT2D eigenvalue weighted by molar-refractivity contribution is 0.439. The highest BCUT2D eigenvalue weighted by molar-refractivity contribution is 5.88.